The minimum atomic E-state index is -1.10. The Morgan fingerprint density at radius 2 is 1.78 bits per heavy atom. The predicted molar refractivity (Wildman–Crippen MR) is 65.2 cm³/mol. The first-order valence-corrected chi connectivity index (χ1v) is 5.27. The number of nitrogens with zero attached hydrogens (tertiary/aromatic N) is 1. The van der Waals surface area contributed by atoms with Gasteiger partial charge in [0.25, 0.3) is 0 Å². The number of hydrogen-bond donors (Lipinski definition) is 2. The lowest BCUT2D eigenvalue weighted by Crippen LogP contribution is -2.34. The van der Waals surface area contributed by atoms with Gasteiger partial charge in [-0.25, -0.2) is 0 Å². The average molecular weight is 253 g/mol. The maximum absolute atomic E-state index is 10.8. The second-order valence-corrected chi connectivity index (χ2v) is 3.82. The normalized spacial score (nSPS) is 9.89. The minimum Gasteiger partial charge on any atom is -0.495 e. The van der Waals surface area contributed by atoms with Crippen LogP contribution >= 0.6 is 0 Å². The molecule has 0 aliphatic rings. The molecule has 0 saturated heterocycles. The molecule has 6 nitrogen and oxygen atoms in total. The van der Waals surface area contributed by atoms with E-state index >= 15 is 0 Å². The molecule has 0 heterocycles. The van der Waals surface area contributed by atoms with Gasteiger partial charge in [0, 0.05) is 0 Å². The van der Waals surface area contributed by atoms with Gasteiger partial charge >= 0.3 is 11.9 Å². The van der Waals surface area contributed by atoms with Gasteiger partial charge in [-0.1, -0.05) is 6.07 Å². The minimum absolute atomic E-state index is 0.397. The van der Waals surface area contributed by atoms with E-state index < -0.39 is 25.0 Å². The third-order valence-electron chi connectivity index (χ3n) is 2.33. The second-order valence-electron chi connectivity index (χ2n) is 3.82. The Bertz CT molecular complexity index is 442. The summed E-state index contributed by atoms with van der Waals surface area (Å²) in [5.74, 6) is -1.75. The van der Waals surface area contributed by atoms with Gasteiger partial charge in [0.15, 0.2) is 0 Å². The van der Waals surface area contributed by atoms with E-state index in [-0.39, 0.29) is 0 Å². The topological polar surface area (TPSA) is 87.1 Å². The molecule has 0 aromatic heterocycles. The first kappa shape index (κ1) is 13.8. The maximum atomic E-state index is 10.8. The van der Waals surface area contributed by atoms with E-state index in [4.69, 9.17) is 14.9 Å². The van der Waals surface area contributed by atoms with Gasteiger partial charge in [-0.2, -0.15) is 0 Å². The number of ether oxygens (including phenoxy) is 1. The largest absolute Gasteiger partial charge is 0.495 e. The summed E-state index contributed by atoms with van der Waals surface area (Å²) in [7, 11) is 1.45. The van der Waals surface area contributed by atoms with Crippen molar-refractivity contribution in [1.82, 2.24) is 0 Å². The van der Waals surface area contributed by atoms with E-state index in [9.17, 15) is 9.59 Å². The van der Waals surface area contributed by atoms with Crippen molar-refractivity contribution in [1.29, 1.82) is 0 Å². The standard InChI is InChI=1S/C12H15NO5/c1-8-3-4-10(18-2)9(5-8)13(6-11(14)15)7-12(16)17/h3-5H,6-7H2,1-2H3,(H,14,15)(H,16,17). The highest BCUT2D eigenvalue weighted by atomic mass is 16.5. The summed E-state index contributed by atoms with van der Waals surface area (Å²) in [5.41, 5.74) is 1.36. The zero-order valence-electron chi connectivity index (χ0n) is 10.2. The molecule has 0 bridgehead atoms. The number of anilines is 1. The molecular formula is C12H15NO5. The highest BCUT2D eigenvalue weighted by Crippen LogP contribution is 2.29. The third kappa shape index (κ3) is 3.65. The zero-order chi connectivity index (χ0) is 13.7. The predicted octanol–water partition coefficient (Wildman–Crippen LogP) is 0.979. The van der Waals surface area contributed by atoms with E-state index in [2.05, 4.69) is 0 Å². The molecule has 0 unspecified atom stereocenters. The summed E-state index contributed by atoms with van der Waals surface area (Å²) < 4.78 is 5.12. The Labute approximate surface area is 104 Å². The smallest absolute Gasteiger partial charge is 0.323 e. The first-order valence-electron chi connectivity index (χ1n) is 5.27. The average Bonchev–Trinajstić information content (AvgIpc) is 2.26. The van der Waals surface area contributed by atoms with Gasteiger partial charge in [-0.05, 0) is 24.6 Å². The monoisotopic (exact) mass is 253 g/mol. The molecule has 98 valence electrons. The van der Waals surface area contributed by atoms with Gasteiger partial charge in [0.1, 0.15) is 18.8 Å². The third-order valence-corrected chi connectivity index (χ3v) is 2.33. The number of carboxylic acid groups (broad SMARTS) is 2. The van der Waals surface area contributed by atoms with Crippen LogP contribution in [0.5, 0.6) is 5.75 Å². The molecule has 0 radical (unpaired) electrons. The second kappa shape index (κ2) is 5.90. The van der Waals surface area contributed by atoms with Crippen LogP contribution in [-0.4, -0.2) is 42.4 Å². The SMILES string of the molecule is COc1ccc(C)cc1N(CC(=O)O)CC(=O)O. The molecule has 1 rings (SSSR count). The molecule has 0 amide bonds. The van der Waals surface area contributed by atoms with E-state index in [0.717, 1.165) is 5.56 Å². The van der Waals surface area contributed by atoms with Crippen LogP contribution in [0.2, 0.25) is 0 Å². The van der Waals surface area contributed by atoms with E-state index in [1.807, 2.05) is 13.0 Å². The van der Waals surface area contributed by atoms with Gasteiger partial charge in [0.05, 0.1) is 12.8 Å². The van der Waals surface area contributed by atoms with Crippen molar-refractivity contribution in [2.45, 2.75) is 6.92 Å². The molecule has 0 aliphatic carbocycles. The summed E-state index contributed by atoms with van der Waals surface area (Å²) in [6.07, 6.45) is 0. The van der Waals surface area contributed by atoms with Crippen molar-refractivity contribution in [2.24, 2.45) is 0 Å². The summed E-state index contributed by atoms with van der Waals surface area (Å²) in [6, 6.07) is 5.19. The summed E-state index contributed by atoms with van der Waals surface area (Å²) in [4.78, 5) is 22.8. The van der Waals surface area contributed by atoms with Gasteiger partial charge in [-0.15, -0.1) is 0 Å². The van der Waals surface area contributed by atoms with E-state index in [0.29, 0.717) is 11.4 Å². The number of carboxylic acids is 2. The molecular weight excluding hydrogens is 238 g/mol. The van der Waals surface area contributed by atoms with Crippen molar-refractivity contribution < 1.29 is 24.5 Å². The van der Waals surface area contributed by atoms with E-state index in [1.165, 1.54) is 12.0 Å². The molecule has 0 spiro atoms. The van der Waals surface area contributed by atoms with Gasteiger partial charge < -0.3 is 19.8 Å². The zero-order valence-corrected chi connectivity index (χ0v) is 10.2. The van der Waals surface area contributed by atoms with Crippen LogP contribution in [0.25, 0.3) is 0 Å². The fourth-order valence-corrected chi connectivity index (χ4v) is 1.60. The number of aryl methyl sites for hydroxylation is 1. The number of aliphatic carboxylic acids is 2. The van der Waals surface area contributed by atoms with Crippen molar-refractivity contribution in [2.75, 3.05) is 25.1 Å². The lowest BCUT2D eigenvalue weighted by Gasteiger charge is -2.23. The van der Waals surface area contributed by atoms with Crippen LogP contribution < -0.4 is 9.64 Å². The fourth-order valence-electron chi connectivity index (χ4n) is 1.60. The molecule has 18 heavy (non-hydrogen) atoms. The highest BCUT2D eigenvalue weighted by molar-refractivity contribution is 5.81. The Kier molecular flexibility index (Phi) is 4.53. The molecule has 0 atom stereocenters. The highest BCUT2D eigenvalue weighted by Gasteiger charge is 2.18. The van der Waals surface area contributed by atoms with Crippen molar-refractivity contribution in [3.05, 3.63) is 23.8 Å². The Balaban J connectivity index is 3.13. The van der Waals surface area contributed by atoms with Crippen LogP contribution in [-0.2, 0) is 9.59 Å². The number of benzene rings is 1. The Hall–Kier alpha value is -2.24. The van der Waals surface area contributed by atoms with Crippen LogP contribution in [0.3, 0.4) is 0 Å². The van der Waals surface area contributed by atoms with Crippen LogP contribution in [0.15, 0.2) is 18.2 Å². The van der Waals surface area contributed by atoms with Crippen LogP contribution in [0, 0.1) is 6.92 Å². The summed E-state index contributed by atoms with van der Waals surface area (Å²) in [5, 5.41) is 17.6. The number of hydrogen-bond acceptors (Lipinski definition) is 4. The van der Waals surface area contributed by atoms with Gasteiger partial charge in [-0.3, -0.25) is 9.59 Å². The molecule has 1 aromatic rings. The quantitative estimate of drug-likeness (QED) is 0.785. The Morgan fingerprint density at radius 3 is 2.22 bits per heavy atom. The number of methoxy groups -OCH3 is 1. The number of rotatable bonds is 6. The molecule has 2 N–H and O–H groups in total. The molecule has 0 fully saturated rings. The summed E-state index contributed by atoms with van der Waals surface area (Å²) >= 11 is 0. The van der Waals surface area contributed by atoms with Crippen molar-refractivity contribution in [3.63, 3.8) is 0 Å². The summed E-state index contributed by atoms with van der Waals surface area (Å²) in [6.45, 7) is 1.04. The van der Waals surface area contributed by atoms with Crippen LogP contribution in [0.1, 0.15) is 5.56 Å². The van der Waals surface area contributed by atoms with Crippen molar-refractivity contribution >= 4 is 17.6 Å². The number of carbonyl (C=O) groups is 2. The van der Waals surface area contributed by atoms with E-state index in [1.54, 1.807) is 12.1 Å². The molecule has 0 saturated carbocycles. The Morgan fingerprint density at radius 1 is 1.22 bits per heavy atom. The molecule has 1 aromatic carbocycles. The maximum Gasteiger partial charge on any atom is 0.323 e. The molecule has 6 heteroatoms. The van der Waals surface area contributed by atoms with Gasteiger partial charge in [0.2, 0.25) is 0 Å². The van der Waals surface area contributed by atoms with Crippen molar-refractivity contribution in [3.8, 4) is 5.75 Å². The fraction of sp³-hybridized carbons (Fsp3) is 0.333. The molecule has 0 aliphatic heterocycles. The van der Waals surface area contributed by atoms with Crippen LogP contribution in [0.4, 0.5) is 5.69 Å². The lowest BCUT2D eigenvalue weighted by atomic mass is 10.2. The lowest BCUT2D eigenvalue weighted by molar-refractivity contribution is -0.136. The first-order chi connectivity index (χ1) is 8.43.